The van der Waals surface area contributed by atoms with Crippen LogP contribution in [0.2, 0.25) is 0 Å². The van der Waals surface area contributed by atoms with Crippen LogP contribution in [0.5, 0.6) is 0 Å². The Bertz CT molecular complexity index is 566. The smallest absolute Gasteiger partial charge is 0.126 e. The molecule has 1 N–H and O–H groups in total. The quantitative estimate of drug-likeness (QED) is 0.792. The van der Waals surface area contributed by atoms with Crippen molar-refractivity contribution in [2.75, 3.05) is 13.2 Å². The van der Waals surface area contributed by atoms with E-state index in [1.807, 2.05) is 18.2 Å². The van der Waals surface area contributed by atoms with Crippen molar-refractivity contribution in [1.29, 1.82) is 0 Å². The molecule has 1 atom stereocenters. The molecular weight excluding hydrogens is 281 g/mol. The molecule has 1 aromatic heterocycles. The van der Waals surface area contributed by atoms with Gasteiger partial charge in [-0.1, -0.05) is 26.0 Å². The SMILES string of the molecule is Cc1ccc(CNC(COCC(C)C)c2ccco2)cc1F. The van der Waals surface area contributed by atoms with E-state index >= 15 is 0 Å². The first kappa shape index (κ1) is 16.7. The van der Waals surface area contributed by atoms with Gasteiger partial charge in [-0.05, 0) is 42.2 Å². The average Bonchev–Trinajstić information content (AvgIpc) is 3.00. The molecule has 4 heteroatoms. The van der Waals surface area contributed by atoms with Gasteiger partial charge in [0.1, 0.15) is 11.6 Å². The van der Waals surface area contributed by atoms with E-state index < -0.39 is 0 Å². The number of aryl methyl sites for hydroxylation is 1. The lowest BCUT2D eigenvalue weighted by Gasteiger charge is -2.18. The molecule has 0 aliphatic heterocycles. The van der Waals surface area contributed by atoms with Crippen molar-refractivity contribution >= 4 is 0 Å². The highest BCUT2D eigenvalue weighted by Gasteiger charge is 2.14. The lowest BCUT2D eigenvalue weighted by molar-refractivity contribution is 0.0844. The Hall–Kier alpha value is -1.65. The molecule has 0 fully saturated rings. The van der Waals surface area contributed by atoms with Crippen LogP contribution < -0.4 is 5.32 Å². The fourth-order valence-electron chi connectivity index (χ4n) is 2.14. The van der Waals surface area contributed by atoms with Crippen LogP contribution in [-0.2, 0) is 11.3 Å². The molecule has 0 radical (unpaired) electrons. The fourth-order valence-corrected chi connectivity index (χ4v) is 2.14. The molecule has 120 valence electrons. The van der Waals surface area contributed by atoms with Crippen LogP contribution >= 0.6 is 0 Å². The Labute approximate surface area is 131 Å². The predicted molar refractivity (Wildman–Crippen MR) is 85.1 cm³/mol. The second-order valence-corrected chi connectivity index (χ2v) is 5.96. The molecule has 0 saturated heterocycles. The van der Waals surface area contributed by atoms with Crippen molar-refractivity contribution in [3.8, 4) is 0 Å². The number of rotatable bonds is 8. The van der Waals surface area contributed by atoms with E-state index in [2.05, 4.69) is 19.2 Å². The molecule has 0 bridgehead atoms. The maximum atomic E-state index is 13.6. The van der Waals surface area contributed by atoms with E-state index in [1.165, 1.54) is 0 Å². The third kappa shape index (κ3) is 4.97. The molecule has 0 amide bonds. The first-order valence-corrected chi connectivity index (χ1v) is 7.66. The molecule has 0 aliphatic carbocycles. The monoisotopic (exact) mass is 305 g/mol. The van der Waals surface area contributed by atoms with Gasteiger partial charge in [0.15, 0.2) is 0 Å². The van der Waals surface area contributed by atoms with Crippen LogP contribution in [0.3, 0.4) is 0 Å². The number of hydrogen-bond donors (Lipinski definition) is 1. The maximum absolute atomic E-state index is 13.6. The van der Waals surface area contributed by atoms with Gasteiger partial charge in [0.25, 0.3) is 0 Å². The average molecular weight is 305 g/mol. The van der Waals surface area contributed by atoms with Gasteiger partial charge in [0, 0.05) is 13.2 Å². The lowest BCUT2D eigenvalue weighted by atomic mass is 10.1. The summed E-state index contributed by atoms with van der Waals surface area (Å²) >= 11 is 0. The van der Waals surface area contributed by atoms with E-state index in [9.17, 15) is 4.39 Å². The summed E-state index contributed by atoms with van der Waals surface area (Å²) in [5.41, 5.74) is 1.56. The van der Waals surface area contributed by atoms with Crippen LogP contribution in [0.15, 0.2) is 41.0 Å². The highest BCUT2D eigenvalue weighted by molar-refractivity contribution is 5.23. The summed E-state index contributed by atoms with van der Waals surface area (Å²) in [6.07, 6.45) is 1.65. The van der Waals surface area contributed by atoms with Crippen molar-refractivity contribution in [1.82, 2.24) is 5.32 Å². The Kier molecular flexibility index (Phi) is 6.16. The first-order valence-electron chi connectivity index (χ1n) is 7.66. The molecule has 1 aromatic carbocycles. The van der Waals surface area contributed by atoms with E-state index in [0.717, 1.165) is 11.3 Å². The molecule has 1 unspecified atom stereocenters. The van der Waals surface area contributed by atoms with Crippen molar-refractivity contribution in [2.24, 2.45) is 5.92 Å². The van der Waals surface area contributed by atoms with Gasteiger partial charge < -0.3 is 14.5 Å². The van der Waals surface area contributed by atoms with Gasteiger partial charge in [-0.2, -0.15) is 0 Å². The summed E-state index contributed by atoms with van der Waals surface area (Å²) in [5, 5.41) is 3.37. The van der Waals surface area contributed by atoms with Gasteiger partial charge in [-0.15, -0.1) is 0 Å². The number of halogens is 1. The van der Waals surface area contributed by atoms with Gasteiger partial charge in [0.05, 0.1) is 18.9 Å². The number of ether oxygens (including phenoxy) is 1. The zero-order chi connectivity index (χ0) is 15.9. The van der Waals surface area contributed by atoms with Crippen molar-refractivity contribution < 1.29 is 13.5 Å². The van der Waals surface area contributed by atoms with Gasteiger partial charge >= 0.3 is 0 Å². The zero-order valence-electron chi connectivity index (χ0n) is 13.4. The van der Waals surface area contributed by atoms with E-state index in [-0.39, 0.29) is 11.9 Å². The predicted octanol–water partition coefficient (Wildman–Crippen LogP) is 4.23. The molecular formula is C18H24FNO2. The minimum atomic E-state index is -0.176. The Morgan fingerprint density at radius 1 is 1.23 bits per heavy atom. The Morgan fingerprint density at radius 3 is 2.68 bits per heavy atom. The molecule has 0 spiro atoms. The summed E-state index contributed by atoms with van der Waals surface area (Å²) in [6, 6.07) is 9.03. The minimum Gasteiger partial charge on any atom is -0.468 e. The molecule has 2 rings (SSSR count). The van der Waals surface area contributed by atoms with Gasteiger partial charge in [0.2, 0.25) is 0 Å². The van der Waals surface area contributed by atoms with Crippen LogP contribution in [0.25, 0.3) is 0 Å². The number of hydrogen-bond acceptors (Lipinski definition) is 3. The summed E-state index contributed by atoms with van der Waals surface area (Å²) < 4.78 is 24.8. The largest absolute Gasteiger partial charge is 0.468 e. The highest BCUT2D eigenvalue weighted by Crippen LogP contribution is 2.16. The normalized spacial score (nSPS) is 12.8. The lowest BCUT2D eigenvalue weighted by Crippen LogP contribution is -2.25. The van der Waals surface area contributed by atoms with E-state index in [0.29, 0.717) is 31.2 Å². The summed E-state index contributed by atoms with van der Waals surface area (Å²) in [4.78, 5) is 0. The topological polar surface area (TPSA) is 34.4 Å². The molecule has 0 saturated carbocycles. The molecule has 22 heavy (non-hydrogen) atoms. The van der Waals surface area contributed by atoms with Gasteiger partial charge in [-0.25, -0.2) is 4.39 Å². The molecule has 0 aliphatic rings. The Morgan fingerprint density at radius 2 is 2.05 bits per heavy atom. The maximum Gasteiger partial charge on any atom is 0.126 e. The summed E-state index contributed by atoms with van der Waals surface area (Å²) in [5.74, 6) is 1.14. The molecule has 1 heterocycles. The van der Waals surface area contributed by atoms with Crippen molar-refractivity contribution in [3.05, 3.63) is 59.3 Å². The van der Waals surface area contributed by atoms with Crippen LogP contribution in [0, 0.1) is 18.7 Å². The summed E-state index contributed by atoms with van der Waals surface area (Å²) in [6.45, 7) is 7.79. The number of furan rings is 1. The molecule has 3 nitrogen and oxygen atoms in total. The van der Waals surface area contributed by atoms with Crippen LogP contribution in [-0.4, -0.2) is 13.2 Å². The van der Waals surface area contributed by atoms with Crippen LogP contribution in [0.4, 0.5) is 4.39 Å². The van der Waals surface area contributed by atoms with Crippen molar-refractivity contribution in [3.63, 3.8) is 0 Å². The van der Waals surface area contributed by atoms with Crippen molar-refractivity contribution in [2.45, 2.75) is 33.4 Å². The molecule has 2 aromatic rings. The van der Waals surface area contributed by atoms with E-state index in [1.54, 1.807) is 25.3 Å². The van der Waals surface area contributed by atoms with E-state index in [4.69, 9.17) is 9.15 Å². The number of benzene rings is 1. The second kappa shape index (κ2) is 8.11. The zero-order valence-corrected chi connectivity index (χ0v) is 13.4. The van der Waals surface area contributed by atoms with Crippen LogP contribution in [0.1, 0.15) is 36.8 Å². The minimum absolute atomic E-state index is 0.0434. The third-order valence-corrected chi connectivity index (χ3v) is 3.41. The Balaban J connectivity index is 1.95. The number of nitrogens with one attached hydrogen (secondary N) is 1. The second-order valence-electron chi connectivity index (χ2n) is 5.96. The standard InChI is InChI=1S/C18H24FNO2/c1-13(2)11-21-12-17(18-5-4-8-22-18)20-10-15-7-6-14(3)16(19)9-15/h4-9,13,17,20H,10-12H2,1-3H3. The summed E-state index contributed by atoms with van der Waals surface area (Å²) in [7, 11) is 0. The van der Waals surface area contributed by atoms with Gasteiger partial charge in [-0.3, -0.25) is 0 Å². The third-order valence-electron chi connectivity index (χ3n) is 3.41. The fraction of sp³-hybridized carbons (Fsp3) is 0.444. The first-order chi connectivity index (χ1) is 10.6. The highest BCUT2D eigenvalue weighted by atomic mass is 19.1.